The Morgan fingerprint density at radius 1 is 1.20 bits per heavy atom. The van der Waals surface area contributed by atoms with Crippen LogP contribution in [0.2, 0.25) is 0 Å². The standard InChI is InChI=1S/C21H24FN9O9P2S2/c22-12-14-11(38-20(12)30-2-1-9-15(23)25-6-26-16(9)30)5-36-41(33,43)39-10-3-8(4-35-42(34,44)40-14)37-19(10)31-7-27-13-17(31)28-21(24)29-18(13)32/h1-2,6-8,10-14,19-20H,3-5H2,(H,33,43)(H,34,44)(H2,23,25,26)(H2,24,29,32)/t8-,10+,11+,12-,13?,14+,19+,20+,41?,42?/m0/s1. The second-order valence-corrected chi connectivity index (χ2v) is 15.9. The Morgan fingerprint density at radius 2 is 2.02 bits per heavy atom. The van der Waals surface area contributed by atoms with E-state index in [1.165, 1.54) is 28.3 Å². The number of ether oxygens (including phenoxy) is 2. The van der Waals surface area contributed by atoms with E-state index in [1.807, 2.05) is 0 Å². The molecule has 5 N–H and O–H groups in total. The summed E-state index contributed by atoms with van der Waals surface area (Å²) in [5.74, 6) is -0.677. The predicted molar refractivity (Wildman–Crippen MR) is 156 cm³/mol. The van der Waals surface area contributed by atoms with Crippen molar-refractivity contribution >= 4 is 78.5 Å². The zero-order valence-electron chi connectivity index (χ0n) is 22.2. The van der Waals surface area contributed by atoms with E-state index < -0.39 is 81.1 Å². The first kappa shape index (κ1) is 30.2. The maximum Gasteiger partial charge on any atom is 0.386 e. The fourth-order valence-corrected chi connectivity index (χ4v) is 8.45. The van der Waals surface area contributed by atoms with Gasteiger partial charge in [0.05, 0.1) is 31.0 Å². The number of guanidine groups is 1. The summed E-state index contributed by atoms with van der Waals surface area (Å²) in [6.45, 7) is -9.19. The van der Waals surface area contributed by atoms with Gasteiger partial charge in [0, 0.05) is 12.6 Å². The number of amidine groups is 1. The summed E-state index contributed by atoms with van der Waals surface area (Å²) in [6.07, 6.45) is -4.87. The van der Waals surface area contributed by atoms with Crippen LogP contribution in [0, 0.1) is 5.41 Å². The van der Waals surface area contributed by atoms with Gasteiger partial charge in [0.25, 0.3) is 5.91 Å². The van der Waals surface area contributed by atoms with E-state index in [4.69, 9.17) is 50.5 Å². The van der Waals surface area contributed by atoms with Crippen LogP contribution >= 0.6 is 25.8 Å². The molecular weight excluding hydrogens is 667 g/mol. The number of nitrogen functional groups attached to an aromatic ring is 1. The van der Waals surface area contributed by atoms with Gasteiger partial charge in [-0.2, -0.15) is 4.99 Å². The van der Waals surface area contributed by atoms with Crippen LogP contribution in [0.25, 0.3) is 11.0 Å². The molecule has 2 aromatic heterocycles. The highest BCUT2D eigenvalue weighted by atomic mass is 32.7. The lowest BCUT2D eigenvalue weighted by molar-refractivity contribution is -0.119. The van der Waals surface area contributed by atoms with E-state index in [1.54, 1.807) is 6.07 Å². The molecule has 44 heavy (non-hydrogen) atoms. The quantitative estimate of drug-likeness (QED) is 0.215. The van der Waals surface area contributed by atoms with Crippen molar-refractivity contribution in [2.75, 3.05) is 18.9 Å². The van der Waals surface area contributed by atoms with Crippen LogP contribution in [0.5, 0.6) is 0 Å². The smallest absolute Gasteiger partial charge is 0.383 e. The van der Waals surface area contributed by atoms with Gasteiger partial charge >= 0.3 is 13.5 Å². The third kappa shape index (κ3) is 5.49. The van der Waals surface area contributed by atoms with Gasteiger partial charge in [-0.1, -0.05) is 12.2 Å². The molecule has 5 aliphatic rings. The normalized spacial score (nSPS) is 41.0. The molecule has 2 aromatic rings. The van der Waals surface area contributed by atoms with Crippen LogP contribution in [-0.4, -0.2) is 104 Å². The van der Waals surface area contributed by atoms with Crippen molar-refractivity contribution in [3.05, 3.63) is 18.6 Å². The molecule has 3 unspecified atom stereocenters. The lowest BCUT2D eigenvalue weighted by atomic mass is 10.1. The Kier molecular flexibility index (Phi) is 7.65. The molecular formula is C21H24FN9O9P2S2. The maximum atomic E-state index is 16.0. The lowest BCUT2D eigenvalue weighted by Gasteiger charge is -2.31. The van der Waals surface area contributed by atoms with Crippen molar-refractivity contribution in [2.24, 2.45) is 9.98 Å². The fraction of sp³-hybridized carbons (Fsp3) is 0.524. The molecule has 236 valence electrons. The van der Waals surface area contributed by atoms with Gasteiger partial charge in [0.1, 0.15) is 36.1 Å². The first-order chi connectivity index (χ1) is 20.9. The number of aromatic nitrogens is 3. The molecule has 0 aliphatic carbocycles. The number of carbonyl (C=O) groups excluding carboxylic acids is 1. The van der Waals surface area contributed by atoms with Gasteiger partial charge in [-0.05, 0) is 17.9 Å². The van der Waals surface area contributed by atoms with Crippen LogP contribution in [0.1, 0.15) is 12.6 Å². The number of amides is 1. The molecule has 2 bridgehead atoms. The molecule has 0 aromatic carbocycles. The summed E-state index contributed by atoms with van der Waals surface area (Å²) in [5, 5.41) is 10.5. The molecule has 10 atom stereocenters. The van der Waals surface area contributed by atoms with E-state index in [-0.39, 0.29) is 30.3 Å². The molecule has 23 heteroatoms. The summed E-state index contributed by atoms with van der Waals surface area (Å²) < 4.78 is 65.4. The molecule has 18 nitrogen and oxygen atoms in total. The summed E-state index contributed by atoms with van der Waals surface area (Å²) >= 11 is 9.33. The minimum Gasteiger partial charge on any atom is -0.383 e. The Balaban J connectivity index is 1.15. The number of nitrogens with two attached hydrogens (primary N) is 1. The molecule has 7 rings (SSSR count). The van der Waals surface area contributed by atoms with Crippen LogP contribution in [-0.2, 0) is 48.7 Å². The van der Waals surface area contributed by atoms with Crippen molar-refractivity contribution in [2.45, 2.75) is 55.5 Å². The molecule has 3 fully saturated rings. The van der Waals surface area contributed by atoms with Gasteiger partial charge in [-0.25, -0.2) is 18.9 Å². The molecule has 3 saturated heterocycles. The molecule has 0 spiro atoms. The minimum atomic E-state index is -4.20. The van der Waals surface area contributed by atoms with Crippen molar-refractivity contribution in [1.82, 2.24) is 24.8 Å². The molecule has 0 saturated carbocycles. The zero-order chi connectivity index (χ0) is 31.0. The number of aliphatic imine (C=N–C) groups is 2. The second-order valence-electron chi connectivity index (χ2n) is 10.2. The Bertz CT molecular complexity index is 1700. The van der Waals surface area contributed by atoms with E-state index in [0.717, 1.165) is 0 Å². The summed E-state index contributed by atoms with van der Waals surface area (Å²) in [7, 11) is 0. The number of carbonyl (C=O) groups is 1. The number of alkyl halides is 1. The highest BCUT2D eigenvalue weighted by Gasteiger charge is 2.52. The summed E-state index contributed by atoms with van der Waals surface area (Å²) in [4.78, 5) is 40.9. The average molecular weight is 692 g/mol. The van der Waals surface area contributed by atoms with Gasteiger partial charge < -0.3 is 29.2 Å². The Labute approximate surface area is 257 Å². The molecule has 1 amide bonds. The van der Waals surface area contributed by atoms with Crippen molar-refractivity contribution in [1.29, 1.82) is 5.41 Å². The summed E-state index contributed by atoms with van der Waals surface area (Å²) in [6, 6.07) is 0.568. The average Bonchev–Trinajstić information content (AvgIpc) is 3.72. The van der Waals surface area contributed by atoms with Gasteiger partial charge in [0.2, 0.25) is 5.96 Å². The first-order valence-electron chi connectivity index (χ1n) is 13.0. The lowest BCUT2D eigenvalue weighted by Crippen LogP contribution is -2.52. The number of hydrogen-bond donors (Lipinski definition) is 5. The van der Waals surface area contributed by atoms with Crippen molar-refractivity contribution < 1.29 is 46.2 Å². The van der Waals surface area contributed by atoms with Gasteiger partial charge in [-0.15, -0.1) is 0 Å². The minimum absolute atomic E-state index is 0.0443. The number of rotatable bonds is 2. The number of anilines is 1. The number of hydrogen-bond acceptors (Lipinski definition) is 15. The predicted octanol–water partition coefficient (Wildman–Crippen LogP) is 0.611. The topological polar surface area (TPSA) is 230 Å². The monoisotopic (exact) mass is 691 g/mol. The zero-order valence-corrected chi connectivity index (χ0v) is 25.7. The van der Waals surface area contributed by atoms with Gasteiger partial charge in [-0.3, -0.25) is 39.0 Å². The number of nitrogens with zero attached hydrogens (tertiary/aromatic N) is 6. The Morgan fingerprint density at radius 3 is 2.84 bits per heavy atom. The van der Waals surface area contributed by atoms with Crippen LogP contribution in [0.15, 0.2) is 28.6 Å². The highest BCUT2D eigenvalue weighted by molar-refractivity contribution is 8.44. The van der Waals surface area contributed by atoms with Crippen molar-refractivity contribution in [3.8, 4) is 0 Å². The largest absolute Gasteiger partial charge is 0.386 e. The highest BCUT2D eigenvalue weighted by Crippen LogP contribution is 2.57. The van der Waals surface area contributed by atoms with E-state index >= 15 is 4.39 Å². The van der Waals surface area contributed by atoms with Crippen LogP contribution < -0.4 is 11.1 Å². The third-order valence-electron chi connectivity index (χ3n) is 7.42. The van der Waals surface area contributed by atoms with E-state index in [9.17, 15) is 14.3 Å². The van der Waals surface area contributed by atoms with Crippen LogP contribution in [0.3, 0.4) is 0 Å². The van der Waals surface area contributed by atoms with E-state index in [0.29, 0.717) is 5.39 Å². The number of halogens is 1. The Hall–Kier alpha value is -2.42. The van der Waals surface area contributed by atoms with E-state index in [2.05, 4.69) is 37.5 Å². The molecule has 5 aliphatic heterocycles. The molecule has 7 heterocycles. The first-order valence-corrected chi connectivity index (χ1v) is 18.3. The second kappa shape index (κ2) is 11.1. The van der Waals surface area contributed by atoms with Gasteiger partial charge in [0.15, 0.2) is 30.5 Å². The third-order valence-corrected chi connectivity index (χ3v) is 10.6. The number of thiol groups is 1. The SMILES string of the molecule is N=C1N=C2C(N=CN2[C@@H]2O[C@@H]3COP(O)(=S)O[C@H]4[C@H](F)[C@H](n5ccc6c(N)ncnc65)O[C@@H]4COP(=O)(S)O[C@@H]2C3)C(=O)N1. The maximum absolute atomic E-state index is 16.0. The summed E-state index contributed by atoms with van der Waals surface area (Å²) in [5.41, 5.74) is 6.20. The number of fused-ring (bicyclic) bond motifs is 5. The molecule has 0 radical (unpaired) electrons. The van der Waals surface area contributed by atoms with Crippen LogP contribution in [0.4, 0.5) is 10.2 Å². The fourth-order valence-electron chi connectivity index (χ4n) is 5.50. The number of nitrogens with one attached hydrogen (secondary N) is 2. The van der Waals surface area contributed by atoms with Crippen molar-refractivity contribution in [3.63, 3.8) is 0 Å².